The number of rotatable bonds is 1. The average molecular weight is 283 g/mol. The van der Waals surface area contributed by atoms with E-state index in [1.165, 1.54) is 16.0 Å². The van der Waals surface area contributed by atoms with Crippen molar-refractivity contribution in [1.29, 1.82) is 0 Å². The maximum Gasteiger partial charge on any atom is 0.181 e. The first kappa shape index (κ1) is 10.9. The zero-order valence-corrected chi connectivity index (χ0v) is 11.5. The van der Waals surface area contributed by atoms with Crippen LogP contribution in [0.25, 0.3) is 31.0 Å². The molecule has 4 aromatic rings. The van der Waals surface area contributed by atoms with E-state index in [-0.39, 0.29) is 0 Å². The summed E-state index contributed by atoms with van der Waals surface area (Å²) in [7, 11) is 0. The van der Waals surface area contributed by atoms with Crippen LogP contribution in [-0.2, 0) is 0 Å². The fraction of sp³-hybridized carbons (Fsp3) is 0. The molecule has 0 spiro atoms. The molecule has 4 rings (SSSR count). The predicted molar refractivity (Wildman–Crippen MR) is 82.6 cm³/mol. The molecule has 2 aromatic carbocycles. The molecule has 2 heterocycles. The van der Waals surface area contributed by atoms with Crippen molar-refractivity contribution in [2.24, 2.45) is 0 Å². The lowest BCUT2D eigenvalue weighted by atomic mass is 10.2. The lowest BCUT2D eigenvalue weighted by molar-refractivity contribution is 1.46. The maximum absolute atomic E-state index is 5.73. The first-order valence-electron chi connectivity index (χ1n) is 5.81. The van der Waals surface area contributed by atoms with Crippen molar-refractivity contribution >= 4 is 48.2 Å². The maximum atomic E-state index is 5.73. The van der Waals surface area contributed by atoms with Gasteiger partial charge in [0.25, 0.3) is 0 Å². The Hall–Kier alpha value is -1.98. The Morgan fingerprint density at radius 3 is 2.58 bits per heavy atom. The third-order valence-electron chi connectivity index (χ3n) is 2.94. The summed E-state index contributed by atoms with van der Waals surface area (Å²) in [5, 5.41) is 1.63. The Morgan fingerprint density at radius 2 is 1.68 bits per heavy atom. The monoisotopic (exact) mass is 283 g/mol. The largest absolute Gasteiger partial charge is 0.375 e. The van der Waals surface area contributed by atoms with Crippen LogP contribution in [0.4, 0.5) is 5.13 Å². The van der Waals surface area contributed by atoms with Gasteiger partial charge in [-0.05, 0) is 24.3 Å². The highest BCUT2D eigenvalue weighted by Crippen LogP contribution is 2.33. The van der Waals surface area contributed by atoms with Crippen LogP contribution in [-0.4, -0.2) is 9.97 Å². The molecule has 0 saturated carbocycles. The van der Waals surface area contributed by atoms with E-state index >= 15 is 0 Å². The molecule has 0 radical (unpaired) electrons. The molecule has 0 saturated heterocycles. The zero-order chi connectivity index (χ0) is 12.8. The molecule has 92 valence electrons. The molecule has 0 atom stereocenters. The highest BCUT2D eigenvalue weighted by molar-refractivity contribution is 7.22. The van der Waals surface area contributed by atoms with Gasteiger partial charge in [0.05, 0.1) is 20.4 Å². The highest BCUT2D eigenvalue weighted by atomic mass is 32.1. The van der Waals surface area contributed by atoms with E-state index in [2.05, 4.69) is 34.2 Å². The minimum Gasteiger partial charge on any atom is -0.375 e. The van der Waals surface area contributed by atoms with E-state index in [1.807, 2.05) is 18.2 Å². The van der Waals surface area contributed by atoms with Gasteiger partial charge in [0.2, 0.25) is 0 Å². The van der Waals surface area contributed by atoms with Crippen LogP contribution in [0, 0.1) is 0 Å². The fourth-order valence-corrected chi connectivity index (χ4v) is 3.75. The summed E-state index contributed by atoms with van der Waals surface area (Å²) >= 11 is 3.21. The van der Waals surface area contributed by atoms with Crippen molar-refractivity contribution < 1.29 is 0 Å². The van der Waals surface area contributed by atoms with Crippen molar-refractivity contribution in [3.63, 3.8) is 0 Å². The van der Waals surface area contributed by atoms with E-state index in [0.29, 0.717) is 5.13 Å². The van der Waals surface area contributed by atoms with Crippen molar-refractivity contribution in [3.8, 4) is 10.6 Å². The number of anilines is 1. The molecule has 0 amide bonds. The van der Waals surface area contributed by atoms with Crippen molar-refractivity contribution in [3.05, 3.63) is 42.5 Å². The Bertz CT molecular complexity index is 859. The van der Waals surface area contributed by atoms with Gasteiger partial charge in [0, 0.05) is 5.56 Å². The predicted octanol–water partition coefficient (Wildman–Crippen LogP) is 4.16. The molecule has 0 aliphatic carbocycles. The molecule has 0 unspecified atom stereocenters. The summed E-state index contributed by atoms with van der Waals surface area (Å²) in [6.07, 6.45) is 0. The molecule has 0 bridgehead atoms. The van der Waals surface area contributed by atoms with Crippen LogP contribution in [0.2, 0.25) is 0 Å². The van der Waals surface area contributed by atoms with Gasteiger partial charge in [0.1, 0.15) is 5.01 Å². The SMILES string of the molecule is Nc1nc2cc(-c3nc4ccccc4s3)ccc2s1. The van der Waals surface area contributed by atoms with Crippen molar-refractivity contribution in [2.45, 2.75) is 0 Å². The molecule has 2 N–H and O–H groups in total. The molecule has 5 heteroatoms. The number of nitrogens with two attached hydrogens (primary N) is 1. The first-order chi connectivity index (χ1) is 9.29. The molecule has 0 aliphatic heterocycles. The summed E-state index contributed by atoms with van der Waals surface area (Å²) in [6.45, 7) is 0. The molecule has 0 fully saturated rings. The summed E-state index contributed by atoms with van der Waals surface area (Å²) < 4.78 is 2.32. The summed E-state index contributed by atoms with van der Waals surface area (Å²) in [6, 6.07) is 14.4. The van der Waals surface area contributed by atoms with Gasteiger partial charge in [-0.2, -0.15) is 0 Å². The third kappa shape index (κ3) is 1.78. The van der Waals surface area contributed by atoms with Gasteiger partial charge < -0.3 is 5.73 Å². The first-order valence-corrected chi connectivity index (χ1v) is 7.45. The highest BCUT2D eigenvalue weighted by Gasteiger charge is 2.08. The lowest BCUT2D eigenvalue weighted by Crippen LogP contribution is -1.80. The Labute approximate surface area is 117 Å². The van der Waals surface area contributed by atoms with E-state index in [9.17, 15) is 0 Å². The Kier molecular flexibility index (Phi) is 2.30. The van der Waals surface area contributed by atoms with Crippen LogP contribution in [0.5, 0.6) is 0 Å². The second kappa shape index (κ2) is 4.01. The summed E-state index contributed by atoms with van der Waals surface area (Å²) in [5.74, 6) is 0. The number of fused-ring (bicyclic) bond motifs is 2. The average Bonchev–Trinajstić information content (AvgIpc) is 2.99. The number of para-hydroxylation sites is 1. The fourth-order valence-electron chi connectivity index (χ4n) is 2.07. The Morgan fingerprint density at radius 1 is 0.842 bits per heavy atom. The van der Waals surface area contributed by atoms with Crippen LogP contribution >= 0.6 is 22.7 Å². The van der Waals surface area contributed by atoms with E-state index in [4.69, 9.17) is 5.73 Å². The van der Waals surface area contributed by atoms with Crippen molar-refractivity contribution in [1.82, 2.24) is 9.97 Å². The molecule has 0 aliphatic rings. The van der Waals surface area contributed by atoms with Gasteiger partial charge in [-0.15, -0.1) is 11.3 Å². The number of thiazole rings is 2. The Balaban J connectivity index is 1.92. The number of benzene rings is 2. The molecule has 3 nitrogen and oxygen atoms in total. The van der Waals surface area contributed by atoms with Gasteiger partial charge in [-0.25, -0.2) is 9.97 Å². The van der Waals surface area contributed by atoms with Gasteiger partial charge in [-0.1, -0.05) is 29.5 Å². The topological polar surface area (TPSA) is 51.8 Å². The number of nitrogens with zero attached hydrogens (tertiary/aromatic N) is 2. The van der Waals surface area contributed by atoms with Gasteiger partial charge in [-0.3, -0.25) is 0 Å². The van der Waals surface area contributed by atoms with Crippen LogP contribution in [0.3, 0.4) is 0 Å². The van der Waals surface area contributed by atoms with Gasteiger partial charge in [0.15, 0.2) is 5.13 Å². The molecular formula is C14H9N3S2. The summed E-state index contributed by atoms with van der Waals surface area (Å²) in [5.41, 5.74) is 8.82. The zero-order valence-electron chi connectivity index (χ0n) is 9.83. The lowest BCUT2D eigenvalue weighted by Gasteiger charge is -1.94. The number of hydrogen-bond acceptors (Lipinski definition) is 5. The summed E-state index contributed by atoms with van der Waals surface area (Å²) in [4.78, 5) is 8.99. The number of hydrogen-bond donors (Lipinski definition) is 1. The number of nitrogen functional groups attached to an aromatic ring is 1. The molecular weight excluding hydrogens is 274 g/mol. The second-order valence-electron chi connectivity index (χ2n) is 4.22. The minimum absolute atomic E-state index is 0.608. The normalized spacial score (nSPS) is 11.4. The molecule has 2 aromatic heterocycles. The molecule has 19 heavy (non-hydrogen) atoms. The van der Waals surface area contributed by atoms with Crippen LogP contribution < -0.4 is 5.73 Å². The third-order valence-corrected chi connectivity index (χ3v) is 4.90. The van der Waals surface area contributed by atoms with Gasteiger partial charge >= 0.3 is 0 Å². The minimum atomic E-state index is 0.608. The smallest absolute Gasteiger partial charge is 0.181 e. The van der Waals surface area contributed by atoms with Crippen LogP contribution in [0.15, 0.2) is 42.5 Å². The van der Waals surface area contributed by atoms with E-state index in [0.717, 1.165) is 26.3 Å². The number of aromatic nitrogens is 2. The van der Waals surface area contributed by atoms with Crippen LogP contribution in [0.1, 0.15) is 0 Å². The van der Waals surface area contributed by atoms with E-state index in [1.54, 1.807) is 11.3 Å². The second-order valence-corrected chi connectivity index (χ2v) is 6.31. The van der Waals surface area contributed by atoms with Crippen molar-refractivity contribution in [2.75, 3.05) is 5.73 Å². The van der Waals surface area contributed by atoms with E-state index < -0.39 is 0 Å². The quantitative estimate of drug-likeness (QED) is 0.571. The standard InChI is InChI=1S/C14H9N3S2/c15-14-17-10-7-8(5-6-12(10)19-14)13-16-9-3-1-2-4-11(9)18-13/h1-7H,(H2,15,17).